The summed E-state index contributed by atoms with van der Waals surface area (Å²) in [5.74, 6) is -1.08. The number of carbonyl (C=O) groups is 1. The van der Waals surface area contributed by atoms with Gasteiger partial charge in [0.15, 0.2) is 0 Å². The fourth-order valence-electron chi connectivity index (χ4n) is 0. The molecule has 0 atom stereocenters. The van der Waals surface area contributed by atoms with Crippen molar-refractivity contribution in [1.82, 2.24) is 0 Å². The summed E-state index contributed by atoms with van der Waals surface area (Å²) in [6.45, 7) is 0.972. The zero-order chi connectivity index (χ0) is 8.08. The largest absolute Gasteiger partial charge is 0.759 e. The summed E-state index contributed by atoms with van der Waals surface area (Å²) < 4.78 is 34.1. The minimum absolute atomic E-state index is 0. The van der Waals surface area contributed by atoms with E-state index < -0.39 is 16.4 Å². The molecule has 0 spiro atoms. The maximum atomic E-state index is 8.89. The van der Waals surface area contributed by atoms with Gasteiger partial charge >= 0.3 is 0 Å². The van der Waals surface area contributed by atoms with Crippen molar-refractivity contribution < 1.29 is 49.8 Å². The van der Waals surface area contributed by atoms with Crippen LogP contribution in [0.25, 0.3) is 0 Å². The van der Waals surface area contributed by atoms with Crippen molar-refractivity contribution >= 4 is 16.4 Å². The first kappa shape index (κ1) is 16.6. The SMILES string of the molecule is CC(=O)[O-].O=S(=O)([O-])[O-].[Ag]. The molecule has 0 bridgehead atoms. The van der Waals surface area contributed by atoms with E-state index in [-0.39, 0.29) is 22.4 Å². The first-order chi connectivity index (χ1) is 3.73. The smallest absolute Gasteiger partial charge is 0.0383 e. The van der Waals surface area contributed by atoms with E-state index in [2.05, 4.69) is 0 Å². The van der Waals surface area contributed by atoms with Crippen LogP contribution in [0.2, 0.25) is 0 Å². The number of aliphatic carboxylic acids is 1. The summed E-state index contributed by atoms with van der Waals surface area (Å²) in [6, 6.07) is 0. The Labute approximate surface area is 73.3 Å². The molecule has 0 aromatic heterocycles. The average molecular weight is 263 g/mol. The second-order valence-electron chi connectivity index (χ2n) is 0.900. The summed E-state index contributed by atoms with van der Waals surface area (Å²) in [6.07, 6.45) is 0. The molecule has 67 valence electrons. The molecule has 0 aliphatic heterocycles. The van der Waals surface area contributed by atoms with Crippen molar-refractivity contribution in [3.63, 3.8) is 0 Å². The van der Waals surface area contributed by atoms with E-state index in [1.165, 1.54) is 0 Å². The Morgan fingerprint density at radius 3 is 1.30 bits per heavy atom. The fourth-order valence-corrected chi connectivity index (χ4v) is 0. The molecule has 0 saturated carbocycles. The van der Waals surface area contributed by atoms with Gasteiger partial charge < -0.3 is 19.0 Å². The van der Waals surface area contributed by atoms with Gasteiger partial charge in [0.25, 0.3) is 0 Å². The molecule has 0 aliphatic carbocycles. The van der Waals surface area contributed by atoms with Crippen LogP contribution in [0.3, 0.4) is 0 Å². The minimum atomic E-state index is -5.17. The molecule has 1 radical (unpaired) electrons. The van der Waals surface area contributed by atoms with Crippen molar-refractivity contribution in [3.8, 4) is 0 Å². The summed E-state index contributed by atoms with van der Waals surface area (Å²) in [7, 11) is -5.17. The number of hydrogen-bond acceptors (Lipinski definition) is 6. The van der Waals surface area contributed by atoms with Gasteiger partial charge in [-0.1, -0.05) is 0 Å². The molecule has 0 unspecified atom stereocenters. The molecule has 0 amide bonds. The topological polar surface area (TPSA) is 120 Å². The summed E-state index contributed by atoms with van der Waals surface area (Å²) in [4.78, 5) is 8.89. The van der Waals surface area contributed by atoms with E-state index in [0.717, 1.165) is 6.92 Å². The number of rotatable bonds is 0. The maximum absolute atomic E-state index is 8.89. The summed E-state index contributed by atoms with van der Waals surface area (Å²) >= 11 is 0. The van der Waals surface area contributed by atoms with E-state index in [9.17, 15) is 0 Å². The quantitative estimate of drug-likeness (QED) is 0.269. The van der Waals surface area contributed by atoms with Crippen LogP contribution in [0.5, 0.6) is 0 Å². The zero-order valence-corrected chi connectivity index (χ0v) is 6.96. The second-order valence-corrected chi connectivity index (χ2v) is 1.72. The van der Waals surface area contributed by atoms with Crippen LogP contribution >= 0.6 is 0 Å². The molecule has 6 nitrogen and oxygen atoms in total. The molecular weight excluding hydrogens is 260 g/mol. The molecule has 0 saturated heterocycles. The first-order valence-electron chi connectivity index (χ1n) is 1.57. The van der Waals surface area contributed by atoms with E-state index in [1.807, 2.05) is 0 Å². The van der Waals surface area contributed by atoms with Gasteiger partial charge in [-0.05, 0) is 6.92 Å². The number of carboxylic acid groups (broad SMARTS) is 1. The fraction of sp³-hybridized carbons (Fsp3) is 0.500. The van der Waals surface area contributed by atoms with E-state index in [1.54, 1.807) is 0 Å². The van der Waals surface area contributed by atoms with Gasteiger partial charge in [-0.15, -0.1) is 0 Å². The number of carboxylic acids is 1. The van der Waals surface area contributed by atoms with E-state index in [4.69, 9.17) is 27.4 Å². The number of carbonyl (C=O) groups excluding carboxylic acids is 1. The van der Waals surface area contributed by atoms with Gasteiger partial charge in [-0.2, -0.15) is 0 Å². The third kappa shape index (κ3) is 62900. The van der Waals surface area contributed by atoms with Crippen molar-refractivity contribution in [2.45, 2.75) is 6.92 Å². The van der Waals surface area contributed by atoms with Crippen LogP contribution in [-0.4, -0.2) is 23.5 Å². The Kier molecular flexibility index (Phi) is 11.9. The van der Waals surface area contributed by atoms with E-state index in [0.29, 0.717) is 0 Å². The molecule has 0 aromatic carbocycles. The molecule has 0 aromatic rings. The van der Waals surface area contributed by atoms with Crippen molar-refractivity contribution in [3.05, 3.63) is 0 Å². The Hall–Kier alpha value is 0.0803. The average Bonchev–Trinajstić information content (AvgIpc) is 1.19. The Morgan fingerprint density at radius 1 is 1.30 bits per heavy atom. The van der Waals surface area contributed by atoms with Gasteiger partial charge in [0.05, 0.1) is 0 Å². The van der Waals surface area contributed by atoms with Gasteiger partial charge in [0.1, 0.15) is 0 Å². The molecule has 0 heterocycles. The monoisotopic (exact) mass is 262 g/mol. The molecule has 0 rings (SSSR count). The van der Waals surface area contributed by atoms with Crippen LogP contribution < -0.4 is 5.11 Å². The third-order valence-electron chi connectivity index (χ3n) is 0. The molecular formula is C2H3AgO6S-3. The van der Waals surface area contributed by atoms with Crippen molar-refractivity contribution in [1.29, 1.82) is 0 Å². The Bertz CT molecular complexity index is 158. The Balaban J connectivity index is -0.0000000910. The summed E-state index contributed by atoms with van der Waals surface area (Å²) in [5, 5.41) is 8.89. The van der Waals surface area contributed by atoms with Crippen LogP contribution in [0.1, 0.15) is 6.92 Å². The van der Waals surface area contributed by atoms with Crippen LogP contribution in [-0.2, 0) is 37.6 Å². The van der Waals surface area contributed by atoms with Crippen LogP contribution in [0, 0.1) is 0 Å². The third-order valence-corrected chi connectivity index (χ3v) is 0. The Morgan fingerprint density at radius 2 is 1.30 bits per heavy atom. The van der Waals surface area contributed by atoms with E-state index >= 15 is 0 Å². The molecule has 8 heteroatoms. The van der Waals surface area contributed by atoms with Crippen LogP contribution in [0.15, 0.2) is 0 Å². The first-order valence-corrected chi connectivity index (χ1v) is 2.91. The van der Waals surface area contributed by atoms with Gasteiger partial charge in [-0.3, -0.25) is 8.42 Å². The number of hydrogen-bond donors (Lipinski definition) is 0. The predicted octanol–water partition coefficient (Wildman–Crippen LogP) is -2.58. The molecule has 0 aliphatic rings. The molecule has 0 N–H and O–H groups in total. The van der Waals surface area contributed by atoms with Crippen LogP contribution in [0.4, 0.5) is 0 Å². The van der Waals surface area contributed by atoms with Gasteiger partial charge in [0.2, 0.25) is 0 Å². The van der Waals surface area contributed by atoms with Crippen molar-refractivity contribution in [2.24, 2.45) is 0 Å². The maximum Gasteiger partial charge on any atom is 0.0383 e. The standard InChI is InChI=1S/C2H4O2.Ag.H2O4S/c1-2(3)4;;1-5(2,3)4/h1H3,(H,3,4);;(H2,1,2,3,4)/p-3. The minimum Gasteiger partial charge on any atom is -0.759 e. The predicted molar refractivity (Wildman–Crippen MR) is 21.2 cm³/mol. The summed E-state index contributed by atoms with van der Waals surface area (Å²) in [5.41, 5.74) is 0. The second kappa shape index (κ2) is 7.19. The molecule has 10 heavy (non-hydrogen) atoms. The zero-order valence-electron chi connectivity index (χ0n) is 4.66. The van der Waals surface area contributed by atoms with Gasteiger partial charge in [-0.25, -0.2) is 0 Å². The van der Waals surface area contributed by atoms with Crippen molar-refractivity contribution in [2.75, 3.05) is 0 Å². The normalized spacial score (nSPS) is 8.30. The molecule has 0 fully saturated rings. The van der Waals surface area contributed by atoms with Gasteiger partial charge in [0, 0.05) is 38.7 Å².